The number of benzene rings is 1. The summed E-state index contributed by atoms with van der Waals surface area (Å²) < 4.78 is 57.9. The summed E-state index contributed by atoms with van der Waals surface area (Å²) in [6.45, 7) is 1.50. The number of hydrogen-bond acceptors (Lipinski definition) is 2. The van der Waals surface area contributed by atoms with Gasteiger partial charge in [0.25, 0.3) is 5.91 Å². The molecule has 1 N–H and O–H groups in total. The van der Waals surface area contributed by atoms with Crippen molar-refractivity contribution in [1.29, 1.82) is 0 Å². The van der Waals surface area contributed by atoms with E-state index in [9.17, 15) is 22.4 Å². The first-order valence-corrected chi connectivity index (χ1v) is 5.41. The third-order valence-corrected chi connectivity index (χ3v) is 2.30. The standard InChI is InChI=1S/C12H13F4NO2/c1-7(6-19-2)17-11(18)12(15,16)8-3-9(13)5-10(14)4-8/h3-5,7H,6H2,1-2H3,(H,17,18)/t7-/m0/s1. The lowest BCUT2D eigenvalue weighted by atomic mass is 10.1. The lowest BCUT2D eigenvalue weighted by molar-refractivity contribution is -0.148. The van der Waals surface area contributed by atoms with Gasteiger partial charge < -0.3 is 10.1 Å². The molecule has 1 atom stereocenters. The molecular weight excluding hydrogens is 266 g/mol. The molecule has 0 aliphatic carbocycles. The summed E-state index contributed by atoms with van der Waals surface area (Å²) in [5.41, 5.74) is -1.04. The van der Waals surface area contributed by atoms with Crippen LogP contribution in [0.4, 0.5) is 17.6 Å². The Morgan fingerprint density at radius 1 is 1.32 bits per heavy atom. The van der Waals surface area contributed by atoms with Crippen LogP contribution < -0.4 is 5.32 Å². The van der Waals surface area contributed by atoms with Gasteiger partial charge in [-0.1, -0.05) is 0 Å². The minimum Gasteiger partial charge on any atom is -0.383 e. The van der Waals surface area contributed by atoms with Crippen molar-refractivity contribution >= 4 is 5.91 Å². The molecule has 0 saturated heterocycles. The Morgan fingerprint density at radius 2 is 1.84 bits per heavy atom. The smallest absolute Gasteiger partial charge is 0.349 e. The van der Waals surface area contributed by atoms with E-state index in [2.05, 4.69) is 4.74 Å². The maximum Gasteiger partial charge on any atom is 0.349 e. The highest BCUT2D eigenvalue weighted by Gasteiger charge is 2.42. The number of halogens is 4. The molecule has 106 valence electrons. The molecule has 7 heteroatoms. The van der Waals surface area contributed by atoms with Crippen LogP contribution in [0.5, 0.6) is 0 Å². The van der Waals surface area contributed by atoms with Crippen LogP contribution in [0.3, 0.4) is 0 Å². The second kappa shape index (κ2) is 6.01. The minimum absolute atomic E-state index is 0.0410. The van der Waals surface area contributed by atoms with E-state index < -0.39 is 35.1 Å². The van der Waals surface area contributed by atoms with Crippen LogP contribution in [0.2, 0.25) is 0 Å². The Morgan fingerprint density at radius 3 is 2.32 bits per heavy atom. The lowest BCUT2D eigenvalue weighted by Crippen LogP contribution is -2.44. The lowest BCUT2D eigenvalue weighted by Gasteiger charge is -2.19. The molecule has 0 aliphatic rings. The average molecular weight is 279 g/mol. The molecule has 0 saturated carbocycles. The summed E-state index contributed by atoms with van der Waals surface area (Å²) in [4.78, 5) is 11.4. The first-order chi connectivity index (χ1) is 8.77. The molecule has 0 heterocycles. The van der Waals surface area contributed by atoms with Crippen molar-refractivity contribution in [3.8, 4) is 0 Å². The zero-order chi connectivity index (χ0) is 14.6. The van der Waals surface area contributed by atoms with E-state index in [1.165, 1.54) is 14.0 Å². The number of ether oxygens (including phenoxy) is 1. The van der Waals surface area contributed by atoms with Crippen LogP contribution >= 0.6 is 0 Å². The fraction of sp³-hybridized carbons (Fsp3) is 0.417. The Balaban J connectivity index is 2.92. The largest absolute Gasteiger partial charge is 0.383 e. The van der Waals surface area contributed by atoms with Crippen LogP contribution in [-0.4, -0.2) is 25.7 Å². The molecule has 0 radical (unpaired) electrons. The number of amides is 1. The Labute approximate surface area is 107 Å². The fourth-order valence-corrected chi connectivity index (χ4v) is 1.47. The van der Waals surface area contributed by atoms with Gasteiger partial charge in [-0.3, -0.25) is 4.79 Å². The third kappa shape index (κ3) is 3.92. The van der Waals surface area contributed by atoms with Gasteiger partial charge in [0, 0.05) is 24.8 Å². The van der Waals surface area contributed by atoms with Crippen LogP contribution in [0, 0.1) is 11.6 Å². The van der Waals surface area contributed by atoms with E-state index in [4.69, 9.17) is 0 Å². The van der Waals surface area contributed by atoms with Crippen molar-refractivity contribution in [1.82, 2.24) is 5.32 Å². The number of hydrogen-bond donors (Lipinski definition) is 1. The molecule has 1 aromatic carbocycles. The number of methoxy groups -OCH3 is 1. The topological polar surface area (TPSA) is 38.3 Å². The second-order valence-corrected chi connectivity index (χ2v) is 4.06. The minimum atomic E-state index is -4.02. The van der Waals surface area contributed by atoms with E-state index in [-0.39, 0.29) is 6.61 Å². The number of nitrogens with one attached hydrogen (secondary N) is 1. The molecule has 0 fully saturated rings. The van der Waals surface area contributed by atoms with Crippen molar-refractivity contribution in [2.24, 2.45) is 0 Å². The summed E-state index contributed by atoms with van der Waals surface area (Å²) in [6.07, 6.45) is 0. The predicted molar refractivity (Wildman–Crippen MR) is 59.7 cm³/mol. The summed E-state index contributed by atoms with van der Waals surface area (Å²) in [5.74, 6) is -8.01. The van der Waals surface area contributed by atoms with Crippen LogP contribution in [-0.2, 0) is 15.5 Å². The van der Waals surface area contributed by atoms with E-state index in [1.54, 1.807) is 0 Å². The van der Waals surface area contributed by atoms with Crippen molar-refractivity contribution in [3.63, 3.8) is 0 Å². The summed E-state index contributed by atoms with van der Waals surface area (Å²) in [6, 6.07) is 0.639. The average Bonchev–Trinajstić information content (AvgIpc) is 2.27. The maximum absolute atomic E-state index is 13.7. The zero-order valence-electron chi connectivity index (χ0n) is 10.3. The van der Waals surface area contributed by atoms with E-state index in [0.29, 0.717) is 18.2 Å². The molecule has 1 aromatic rings. The van der Waals surface area contributed by atoms with Crippen molar-refractivity contribution in [2.75, 3.05) is 13.7 Å². The van der Waals surface area contributed by atoms with E-state index >= 15 is 0 Å². The number of carbonyl (C=O) groups is 1. The Kier molecular flexibility index (Phi) is 4.88. The van der Waals surface area contributed by atoms with E-state index in [1.807, 2.05) is 5.32 Å². The van der Waals surface area contributed by atoms with Crippen LogP contribution in [0.15, 0.2) is 18.2 Å². The molecule has 1 amide bonds. The monoisotopic (exact) mass is 279 g/mol. The van der Waals surface area contributed by atoms with Gasteiger partial charge in [-0.2, -0.15) is 8.78 Å². The zero-order valence-corrected chi connectivity index (χ0v) is 10.3. The molecule has 1 rings (SSSR count). The Hall–Kier alpha value is -1.63. The third-order valence-electron chi connectivity index (χ3n) is 2.30. The highest BCUT2D eigenvalue weighted by molar-refractivity contribution is 5.85. The molecule has 0 spiro atoms. The second-order valence-electron chi connectivity index (χ2n) is 4.06. The van der Waals surface area contributed by atoms with Gasteiger partial charge in [0.2, 0.25) is 0 Å². The number of alkyl halides is 2. The SMILES string of the molecule is COC[C@H](C)NC(=O)C(F)(F)c1cc(F)cc(F)c1. The van der Waals surface area contributed by atoms with Gasteiger partial charge in [0.1, 0.15) is 11.6 Å². The summed E-state index contributed by atoms with van der Waals surface area (Å²) in [5, 5.41) is 2.00. The molecule has 0 bridgehead atoms. The normalized spacial score (nSPS) is 13.2. The summed E-state index contributed by atoms with van der Waals surface area (Å²) >= 11 is 0. The fourth-order valence-electron chi connectivity index (χ4n) is 1.47. The van der Waals surface area contributed by atoms with Gasteiger partial charge in [-0.25, -0.2) is 8.78 Å². The van der Waals surface area contributed by atoms with Crippen LogP contribution in [0.25, 0.3) is 0 Å². The highest BCUT2D eigenvalue weighted by atomic mass is 19.3. The number of carbonyl (C=O) groups excluding carboxylic acids is 1. The quantitative estimate of drug-likeness (QED) is 0.839. The van der Waals surface area contributed by atoms with Gasteiger partial charge >= 0.3 is 5.92 Å². The molecule has 19 heavy (non-hydrogen) atoms. The van der Waals surface area contributed by atoms with Gasteiger partial charge in [0.05, 0.1) is 6.61 Å². The molecule has 0 aliphatic heterocycles. The molecule has 3 nitrogen and oxygen atoms in total. The first kappa shape index (κ1) is 15.4. The summed E-state index contributed by atoms with van der Waals surface area (Å²) in [7, 11) is 1.35. The maximum atomic E-state index is 13.7. The highest BCUT2D eigenvalue weighted by Crippen LogP contribution is 2.29. The van der Waals surface area contributed by atoms with Crippen molar-refractivity contribution < 1.29 is 27.1 Å². The van der Waals surface area contributed by atoms with Gasteiger partial charge in [0.15, 0.2) is 0 Å². The predicted octanol–water partition coefficient (Wildman–Crippen LogP) is 2.21. The van der Waals surface area contributed by atoms with Crippen LogP contribution in [0.1, 0.15) is 12.5 Å². The Bertz CT molecular complexity index is 445. The molecular formula is C12H13F4NO2. The van der Waals surface area contributed by atoms with Gasteiger partial charge in [-0.15, -0.1) is 0 Å². The molecule has 0 aromatic heterocycles. The molecule has 0 unspecified atom stereocenters. The first-order valence-electron chi connectivity index (χ1n) is 5.41. The number of rotatable bonds is 5. The van der Waals surface area contributed by atoms with Gasteiger partial charge in [-0.05, 0) is 19.1 Å². The van der Waals surface area contributed by atoms with E-state index in [0.717, 1.165) is 0 Å². The van der Waals surface area contributed by atoms with Crippen molar-refractivity contribution in [3.05, 3.63) is 35.4 Å². The van der Waals surface area contributed by atoms with Crippen molar-refractivity contribution in [2.45, 2.75) is 18.9 Å².